The Kier molecular flexibility index (Phi) is 4.37. The first-order valence-electron chi connectivity index (χ1n) is 6.47. The largest absolute Gasteiger partial charge is 0.396 e. The van der Waals surface area contributed by atoms with Crippen molar-refractivity contribution in [2.75, 3.05) is 11.1 Å². The summed E-state index contributed by atoms with van der Waals surface area (Å²) in [6.45, 7) is 2.11. The number of nitrogen functional groups attached to an aromatic ring is 1. The third kappa shape index (κ3) is 3.92. The maximum Gasteiger partial charge on any atom is 0.250 e. The van der Waals surface area contributed by atoms with Gasteiger partial charge in [0.2, 0.25) is 5.91 Å². The van der Waals surface area contributed by atoms with E-state index < -0.39 is 5.82 Å². The standard InChI is InChI=1S/C15H16FN3O2/c1-10-4-6-19(15(21)8-10)7-5-14(20)18-11-2-3-12(16)13(17)9-11/h2-4,6,8-9H,5,7,17H2,1H3,(H,18,20). The summed E-state index contributed by atoms with van der Waals surface area (Å²) < 4.78 is 14.5. The number of nitrogens with zero attached hydrogens (tertiary/aromatic N) is 1. The highest BCUT2D eigenvalue weighted by Gasteiger charge is 2.06. The monoisotopic (exact) mass is 289 g/mol. The van der Waals surface area contributed by atoms with Gasteiger partial charge in [0.15, 0.2) is 0 Å². The molecule has 110 valence electrons. The molecule has 0 radical (unpaired) electrons. The van der Waals surface area contributed by atoms with Crippen molar-refractivity contribution in [1.29, 1.82) is 0 Å². The summed E-state index contributed by atoms with van der Waals surface area (Å²) in [5.41, 5.74) is 6.56. The molecule has 0 saturated heterocycles. The van der Waals surface area contributed by atoms with E-state index in [1.54, 1.807) is 12.3 Å². The van der Waals surface area contributed by atoms with Crippen LogP contribution in [0.25, 0.3) is 0 Å². The van der Waals surface area contributed by atoms with Crippen LogP contribution in [0.2, 0.25) is 0 Å². The van der Waals surface area contributed by atoms with Crippen LogP contribution in [-0.4, -0.2) is 10.5 Å². The molecule has 21 heavy (non-hydrogen) atoms. The first kappa shape index (κ1) is 14.8. The van der Waals surface area contributed by atoms with Gasteiger partial charge >= 0.3 is 0 Å². The molecule has 1 aromatic carbocycles. The van der Waals surface area contributed by atoms with Gasteiger partial charge in [0.05, 0.1) is 5.69 Å². The van der Waals surface area contributed by atoms with Crippen LogP contribution in [0.5, 0.6) is 0 Å². The zero-order chi connectivity index (χ0) is 15.4. The number of aromatic nitrogens is 1. The molecule has 0 fully saturated rings. The average Bonchev–Trinajstić information content (AvgIpc) is 2.42. The third-order valence-corrected chi connectivity index (χ3v) is 3.01. The van der Waals surface area contributed by atoms with Crippen molar-refractivity contribution in [2.45, 2.75) is 19.9 Å². The Bertz CT molecular complexity index is 725. The zero-order valence-electron chi connectivity index (χ0n) is 11.6. The summed E-state index contributed by atoms with van der Waals surface area (Å²) in [4.78, 5) is 23.5. The van der Waals surface area contributed by atoms with Crippen molar-refractivity contribution in [3.05, 3.63) is 58.3 Å². The molecule has 1 amide bonds. The van der Waals surface area contributed by atoms with Crippen molar-refractivity contribution in [3.63, 3.8) is 0 Å². The van der Waals surface area contributed by atoms with E-state index in [9.17, 15) is 14.0 Å². The first-order valence-corrected chi connectivity index (χ1v) is 6.47. The number of amides is 1. The summed E-state index contributed by atoms with van der Waals surface area (Å²) in [7, 11) is 0. The maximum absolute atomic E-state index is 13.0. The number of rotatable bonds is 4. The van der Waals surface area contributed by atoms with Gasteiger partial charge < -0.3 is 15.6 Å². The van der Waals surface area contributed by atoms with E-state index >= 15 is 0 Å². The van der Waals surface area contributed by atoms with Gasteiger partial charge in [-0.3, -0.25) is 9.59 Å². The van der Waals surface area contributed by atoms with Crippen LogP contribution < -0.4 is 16.6 Å². The quantitative estimate of drug-likeness (QED) is 0.844. The van der Waals surface area contributed by atoms with Gasteiger partial charge in [-0.2, -0.15) is 0 Å². The smallest absolute Gasteiger partial charge is 0.250 e. The number of nitrogens with one attached hydrogen (secondary N) is 1. The summed E-state index contributed by atoms with van der Waals surface area (Å²) in [5, 5.41) is 2.61. The summed E-state index contributed by atoms with van der Waals surface area (Å²) in [6.07, 6.45) is 1.79. The lowest BCUT2D eigenvalue weighted by atomic mass is 10.2. The molecule has 1 aromatic heterocycles. The summed E-state index contributed by atoms with van der Waals surface area (Å²) in [5.74, 6) is -0.798. The summed E-state index contributed by atoms with van der Waals surface area (Å²) in [6, 6.07) is 7.29. The number of carbonyl (C=O) groups is 1. The number of carbonyl (C=O) groups excluding carboxylic acids is 1. The molecule has 0 spiro atoms. The van der Waals surface area contributed by atoms with Gasteiger partial charge in [-0.05, 0) is 36.8 Å². The van der Waals surface area contributed by atoms with Crippen LogP contribution in [0.15, 0.2) is 41.3 Å². The highest BCUT2D eigenvalue weighted by molar-refractivity contribution is 5.91. The lowest BCUT2D eigenvalue weighted by Gasteiger charge is -2.08. The molecule has 2 rings (SSSR count). The van der Waals surface area contributed by atoms with Crippen molar-refractivity contribution < 1.29 is 9.18 Å². The Morgan fingerprint density at radius 1 is 1.33 bits per heavy atom. The molecule has 3 N–H and O–H groups in total. The van der Waals surface area contributed by atoms with Crippen LogP contribution >= 0.6 is 0 Å². The second-order valence-corrected chi connectivity index (χ2v) is 4.77. The maximum atomic E-state index is 13.0. The molecule has 5 nitrogen and oxygen atoms in total. The van der Waals surface area contributed by atoms with Crippen LogP contribution in [0, 0.1) is 12.7 Å². The number of nitrogens with two attached hydrogens (primary N) is 1. The van der Waals surface area contributed by atoms with Crippen molar-refractivity contribution in [1.82, 2.24) is 4.57 Å². The van der Waals surface area contributed by atoms with E-state index in [0.29, 0.717) is 5.69 Å². The van der Waals surface area contributed by atoms with Crippen LogP contribution in [0.3, 0.4) is 0 Å². The molecular weight excluding hydrogens is 273 g/mol. The normalized spacial score (nSPS) is 10.4. The molecule has 0 aliphatic rings. The molecular formula is C15H16FN3O2. The van der Waals surface area contributed by atoms with Crippen LogP contribution in [0.1, 0.15) is 12.0 Å². The van der Waals surface area contributed by atoms with Gasteiger partial charge in [-0.15, -0.1) is 0 Å². The number of benzene rings is 1. The van der Waals surface area contributed by atoms with E-state index in [1.807, 2.05) is 6.92 Å². The van der Waals surface area contributed by atoms with E-state index in [2.05, 4.69) is 5.32 Å². The number of halogens is 1. The third-order valence-electron chi connectivity index (χ3n) is 3.01. The molecule has 0 aliphatic heterocycles. The van der Waals surface area contributed by atoms with Crippen LogP contribution in [-0.2, 0) is 11.3 Å². The Labute approximate surface area is 121 Å². The SMILES string of the molecule is Cc1ccn(CCC(=O)Nc2ccc(F)c(N)c2)c(=O)c1. The van der Waals surface area contributed by atoms with E-state index in [0.717, 1.165) is 5.56 Å². The Hall–Kier alpha value is -2.63. The van der Waals surface area contributed by atoms with Crippen molar-refractivity contribution in [2.24, 2.45) is 0 Å². The fraction of sp³-hybridized carbons (Fsp3) is 0.200. The van der Waals surface area contributed by atoms with Gasteiger partial charge in [-0.25, -0.2) is 4.39 Å². The molecule has 0 unspecified atom stereocenters. The minimum absolute atomic E-state index is 0.0254. The lowest BCUT2D eigenvalue weighted by Crippen LogP contribution is -2.22. The van der Waals surface area contributed by atoms with E-state index in [-0.39, 0.29) is 30.1 Å². The molecule has 0 aliphatic carbocycles. The van der Waals surface area contributed by atoms with E-state index in [4.69, 9.17) is 5.73 Å². The molecule has 2 aromatic rings. The predicted octanol–water partition coefficient (Wildman–Crippen LogP) is 1.91. The highest BCUT2D eigenvalue weighted by atomic mass is 19.1. The Morgan fingerprint density at radius 3 is 2.76 bits per heavy atom. The minimum Gasteiger partial charge on any atom is -0.396 e. The van der Waals surface area contributed by atoms with Crippen LogP contribution in [0.4, 0.5) is 15.8 Å². The van der Waals surface area contributed by atoms with Crippen molar-refractivity contribution >= 4 is 17.3 Å². The molecule has 6 heteroatoms. The Balaban J connectivity index is 1.95. The number of pyridine rings is 1. The average molecular weight is 289 g/mol. The fourth-order valence-electron chi connectivity index (χ4n) is 1.86. The second kappa shape index (κ2) is 6.21. The number of hydrogen-bond donors (Lipinski definition) is 2. The molecule has 0 bridgehead atoms. The topological polar surface area (TPSA) is 77.1 Å². The van der Waals surface area contributed by atoms with Gasteiger partial charge in [0, 0.05) is 30.9 Å². The minimum atomic E-state index is -0.529. The number of anilines is 2. The molecule has 0 saturated carbocycles. The van der Waals surface area contributed by atoms with Gasteiger partial charge in [0.1, 0.15) is 5.82 Å². The summed E-state index contributed by atoms with van der Waals surface area (Å²) >= 11 is 0. The second-order valence-electron chi connectivity index (χ2n) is 4.77. The van der Waals surface area contributed by atoms with E-state index in [1.165, 1.54) is 28.8 Å². The zero-order valence-corrected chi connectivity index (χ0v) is 11.6. The number of hydrogen-bond acceptors (Lipinski definition) is 3. The first-order chi connectivity index (χ1) is 9.95. The lowest BCUT2D eigenvalue weighted by molar-refractivity contribution is -0.116. The number of aryl methyl sites for hydroxylation is 2. The predicted molar refractivity (Wildman–Crippen MR) is 79.5 cm³/mol. The fourth-order valence-corrected chi connectivity index (χ4v) is 1.86. The van der Waals surface area contributed by atoms with Gasteiger partial charge in [0.25, 0.3) is 5.56 Å². The van der Waals surface area contributed by atoms with Gasteiger partial charge in [-0.1, -0.05) is 0 Å². The highest BCUT2D eigenvalue weighted by Crippen LogP contribution is 2.16. The molecule has 1 heterocycles. The molecule has 0 atom stereocenters. The Morgan fingerprint density at radius 2 is 2.10 bits per heavy atom. The van der Waals surface area contributed by atoms with Crippen molar-refractivity contribution in [3.8, 4) is 0 Å².